The van der Waals surface area contributed by atoms with Crippen LogP contribution in [0.15, 0.2) is 18.2 Å². The van der Waals surface area contributed by atoms with Crippen molar-refractivity contribution in [2.75, 3.05) is 14.2 Å². The Morgan fingerprint density at radius 1 is 1.20 bits per heavy atom. The minimum absolute atomic E-state index is 0. The molecule has 1 amide bonds. The number of para-hydroxylation sites is 1. The van der Waals surface area contributed by atoms with Gasteiger partial charge in [-0.1, -0.05) is 18.6 Å². The number of hydrogen-bond donors (Lipinski definition) is 2. The highest BCUT2D eigenvalue weighted by Crippen LogP contribution is 2.42. The van der Waals surface area contributed by atoms with E-state index in [4.69, 9.17) is 15.2 Å². The van der Waals surface area contributed by atoms with E-state index in [1.54, 1.807) is 14.2 Å². The van der Waals surface area contributed by atoms with Gasteiger partial charge in [-0.2, -0.15) is 0 Å². The third kappa shape index (κ3) is 4.21. The summed E-state index contributed by atoms with van der Waals surface area (Å²) in [5.74, 6) is 2.63. The van der Waals surface area contributed by atoms with Crippen molar-refractivity contribution >= 4 is 18.3 Å². The molecule has 25 heavy (non-hydrogen) atoms. The van der Waals surface area contributed by atoms with Crippen LogP contribution < -0.4 is 20.5 Å². The summed E-state index contributed by atoms with van der Waals surface area (Å²) < 4.78 is 10.7. The Labute approximate surface area is 156 Å². The fourth-order valence-corrected chi connectivity index (χ4v) is 4.42. The molecule has 0 saturated heterocycles. The monoisotopic (exact) mass is 368 g/mol. The number of nitrogens with one attached hydrogen (secondary N) is 1. The Kier molecular flexibility index (Phi) is 6.96. The van der Waals surface area contributed by atoms with E-state index in [2.05, 4.69) is 5.32 Å². The average Bonchev–Trinajstić information content (AvgIpc) is 2.58. The summed E-state index contributed by atoms with van der Waals surface area (Å²) in [7, 11) is 3.23. The molecule has 5 nitrogen and oxygen atoms in total. The van der Waals surface area contributed by atoms with E-state index < -0.39 is 0 Å². The lowest BCUT2D eigenvalue weighted by Gasteiger charge is -2.43. The van der Waals surface area contributed by atoms with Crippen LogP contribution in [0.5, 0.6) is 11.5 Å². The van der Waals surface area contributed by atoms with Gasteiger partial charge in [0.1, 0.15) is 0 Å². The fourth-order valence-electron chi connectivity index (χ4n) is 4.42. The van der Waals surface area contributed by atoms with Gasteiger partial charge in [-0.3, -0.25) is 4.79 Å². The molecular weight excluding hydrogens is 340 g/mol. The molecule has 2 fully saturated rings. The van der Waals surface area contributed by atoms with E-state index in [-0.39, 0.29) is 24.2 Å². The maximum Gasteiger partial charge on any atom is 0.223 e. The van der Waals surface area contributed by atoms with E-state index in [0.717, 1.165) is 18.4 Å². The summed E-state index contributed by atoms with van der Waals surface area (Å²) in [6.07, 6.45) is 5.46. The van der Waals surface area contributed by atoms with Crippen LogP contribution in [0.3, 0.4) is 0 Å². The molecule has 2 aliphatic carbocycles. The van der Waals surface area contributed by atoms with Crippen molar-refractivity contribution in [3.05, 3.63) is 23.8 Å². The molecule has 0 aliphatic heterocycles. The Morgan fingerprint density at radius 2 is 1.88 bits per heavy atom. The van der Waals surface area contributed by atoms with Crippen LogP contribution in [-0.4, -0.2) is 26.2 Å². The van der Waals surface area contributed by atoms with Gasteiger partial charge in [0.25, 0.3) is 0 Å². The lowest BCUT2D eigenvalue weighted by atomic mass is 9.65. The normalized spacial score (nSPS) is 27.8. The van der Waals surface area contributed by atoms with Gasteiger partial charge in [-0.25, -0.2) is 0 Å². The number of carbonyl (C=O) groups is 1. The molecule has 0 heterocycles. The van der Waals surface area contributed by atoms with Crippen molar-refractivity contribution in [3.8, 4) is 11.5 Å². The van der Waals surface area contributed by atoms with Crippen LogP contribution in [0.1, 0.15) is 37.7 Å². The van der Waals surface area contributed by atoms with Crippen molar-refractivity contribution in [2.24, 2.45) is 23.5 Å². The van der Waals surface area contributed by atoms with E-state index in [9.17, 15) is 4.79 Å². The van der Waals surface area contributed by atoms with Crippen molar-refractivity contribution < 1.29 is 14.3 Å². The Bertz CT molecular complexity index is 582. The second-order valence-electron chi connectivity index (χ2n) is 7.07. The lowest BCUT2D eigenvalue weighted by Crippen LogP contribution is -2.49. The summed E-state index contributed by atoms with van der Waals surface area (Å²) >= 11 is 0. The molecule has 2 atom stereocenters. The van der Waals surface area contributed by atoms with Crippen LogP contribution in [0.25, 0.3) is 0 Å². The Hall–Kier alpha value is -1.46. The number of benzene rings is 1. The number of hydrogen-bond acceptors (Lipinski definition) is 4. The van der Waals surface area contributed by atoms with Gasteiger partial charge in [0.05, 0.1) is 14.2 Å². The molecule has 1 aromatic rings. The van der Waals surface area contributed by atoms with E-state index in [0.29, 0.717) is 35.9 Å². The zero-order valence-electron chi connectivity index (χ0n) is 15.0. The topological polar surface area (TPSA) is 73.6 Å². The third-order valence-electron chi connectivity index (χ3n) is 5.72. The predicted octanol–water partition coefficient (Wildman–Crippen LogP) is 2.90. The number of methoxy groups -OCH3 is 2. The standard InChI is InChI=1S/C19H28N2O3.ClH/c1-23-16-8-4-7-14(18(16)24-2)11-21-19(22)15-9-12-5-3-6-13(10-15)17(12)20;/h4,7-8,12-13,15,17H,3,5-6,9-11,20H2,1-2H3,(H,21,22);1H. The number of fused-ring (bicyclic) bond motifs is 2. The zero-order chi connectivity index (χ0) is 17.1. The SMILES string of the molecule is COc1cccc(CNC(=O)C2CC3CCCC(C2)C3N)c1OC.Cl. The number of halogens is 1. The van der Waals surface area contributed by atoms with Crippen LogP contribution in [0.4, 0.5) is 0 Å². The molecule has 140 valence electrons. The minimum atomic E-state index is 0. The summed E-state index contributed by atoms with van der Waals surface area (Å²) in [6, 6.07) is 6.01. The maximum absolute atomic E-state index is 12.6. The fraction of sp³-hybridized carbons (Fsp3) is 0.632. The smallest absolute Gasteiger partial charge is 0.223 e. The first-order valence-electron chi connectivity index (χ1n) is 8.87. The Morgan fingerprint density at radius 3 is 2.48 bits per heavy atom. The number of ether oxygens (including phenoxy) is 2. The molecule has 3 N–H and O–H groups in total. The molecule has 2 bridgehead atoms. The summed E-state index contributed by atoms with van der Waals surface area (Å²) in [4.78, 5) is 12.6. The van der Waals surface area contributed by atoms with Gasteiger partial charge in [0.15, 0.2) is 11.5 Å². The van der Waals surface area contributed by atoms with Crippen LogP contribution in [0.2, 0.25) is 0 Å². The van der Waals surface area contributed by atoms with Crippen molar-refractivity contribution in [1.29, 1.82) is 0 Å². The summed E-state index contributed by atoms with van der Waals surface area (Å²) in [6.45, 7) is 0.455. The molecule has 2 unspecified atom stereocenters. The number of nitrogens with two attached hydrogens (primary N) is 1. The lowest BCUT2D eigenvalue weighted by molar-refractivity contribution is -0.128. The van der Waals surface area contributed by atoms with Crippen LogP contribution in [0, 0.1) is 17.8 Å². The predicted molar refractivity (Wildman–Crippen MR) is 100 cm³/mol. The van der Waals surface area contributed by atoms with Gasteiger partial charge in [0.2, 0.25) is 5.91 Å². The van der Waals surface area contributed by atoms with E-state index >= 15 is 0 Å². The molecule has 0 radical (unpaired) electrons. The summed E-state index contributed by atoms with van der Waals surface area (Å²) in [5, 5.41) is 3.08. The molecule has 2 saturated carbocycles. The molecule has 3 rings (SSSR count). The minimum Gasteiger partial charge on any atom is -0.493 e. The van der Waals surface area contributed by atoms with Crippen molar-refractivity contribution in [2.45, 2.75) is 44.7 Å². The first-order valence-corrected chi connectivity index (χ1v) is 8.87. The number of carbonyl (C=O) groups excluding carboxylic acids is 1. The second kappa shape index (κ2) is 8.77. The van der Waals surface area contributed by atoms with Gasteiger partial charge < -0.3 is 20.5 Å². The summed E-state index contributed by atoms with van der Waals surface area (Å²) in [5.41, 5.74) is 7.25. The van der Waals surface area contributed by atoms with Gasteiger partial charge in [-0.05, 0) is 43.6 Å². The third-order valence-corrected chi connectivity index (χ3v) is 5.72. The van der Waals surface area contributed by atoms with Crippen molar-refractivity contribution in [3.63, 3.8) is 0 Å². The van der Waals surface area contributed by atoms with Crippen molar-refractivity contribution in [1.82, 2.24) is 5.32 Å². The highest BCUT2D eigenvalue weighted by Gasteiger charge is 2.40. The van der Waals surface area contributed by atoms with E-state index in [1.165, 1.54) is 19.3 Å². The first-order chi connectivity index (χ1) is 11.6. The quantitative estimate of drug-likeness (QED) is 0.838. The highest BCUT2D eigenvalue weighted by molar-refractivity contribution is 5.85. The molecule has 0 spiro atoms. The highest BCUT2D eigenvalue weighted by atomic mass is 35.5. The molecule has 2 aliphatic rings. The van der Waals surface area contributed by atoms with E-state index in [1.807, 2.05) is 18.2 Å². The molecule has 1 aromatic carbocycles. The maximum atomic E-state index is 12.6. The average molecular weight is 369 g/mol. The molecular formula is C19H29ClN2O3. The van der Waals surface area contributed by atoms with Crippen LogP contribution in [-0.2, 0) is 11.3 Å². The second-order valence-corrected chi connectivity index (χ2v) is 7.07. The zero-order valence-corrected chi connectivity index (χ0v) is 15.8. The number of amides is 1. The number of rotatable bonds is 5. The first kappa shape index (κ1) is 19.9. The van der Waals surface area contributed by atoms with Gasteiger partial charge in [0, 0.05) is 24.1 Å². The van der Waals surface area contributed by atoms with Crippen LogP contribution >= 0.6 is 12.4 Å². The van der Waals surface area contributed by atoms with Gasteiger partial charge >= 0.3 is 0 Å². The Balaban J connectivity index is 0.00000225. The molecule has 0 aromatic heterocycles. The molecule has 6 heteroatoms. The van der Waals surface area contributed by atoms with Gasteiger partial charge in [-0.15, -0.1) is 12.4 Å². The largest absolute Gasteiger partial charge is 0.493 e.